The fraction of sp³-hybridized carbons (Fsp3) is 0.846. The van der Waals surface area contributed by atoms with Crippen molar-refractivity contribution in [3.63, 3.8) is 0 Å². The first-order chi connectivity index (χ1) is 20.6. The number of aromatic hydroxyl groups is 1. The summed E-state index contributed by atoms with van der Waals surface area (Å²) in [4.78, 5) is 0. The predicted octanol–water partition coefficient (Wildman–Crippen LogP) is 14.7. The average molecular weight is 621 g/mol. The van der Waals surface area contributed by atoms with E-state index in [9.17, 15) is 5.11 Å². The Hall–Kier alpha value is -0.280. The second-order valence-corrected chi connectivity index (χ2v) is 15.6. The first-order valence-corrected chi connectivity index (χ1v) is 20.7. The van der Waals surface area contributed by atoms with E-state index in [4.69, 9.17) is 0 Å². The summed E-state index contributed by atoms with van der Waals surface area (Å²) in [5, 5.41) is 12.3. The SMILES string of the molecule is CCCCCCCCCCCC(SCCCC)c1cc(C)c(O)c(C(CCCCCCCCCCC)SCCCC)c1. The molecule has 0 fully saturated rings. The third kappa shape index (κ3) is 19.2. The highest BCUT2D eigenvalue weighted by atomic mass is 32.2. The maximum Gasteiger partial charge on any atom is 0.122 e. The second kappa shape index (κ2) is 28.2. The summed E-state index contributed by atoms with van der Waals surface area (Å²) in [7, 11) is 0. The van der Waals surface area contributed by atoms with Crippen LogP contribution in [0.1, 0.15) is 209 Å². The molecule has 1 nitrogen and oxygen atoms in total. The molecule has 0 radical (unpaired) electrons. The number of thioether (sulfide) groups is 2. The largest absolute Gasteiger partial charge is 0.507 e. The molecule has 0 aliphatic rings. The average Bonchev–Trinajstić information content (AvgIpc) is 2.99. The van der Waals surface area contributed by atoms with Crippen LogP contribution in [0.2, 0.25) is 0 Å². The minimum Gasteiger partial charge on any atom is -0.507 e. The number of hydrogen-bond acceptors (Lipinski definition) is 3. The van der Waals surface area contributed by atoms with E-state index in [2.05, 4.69) is 70.3 Å². The van der Waals surface area contributed by atoms with Crippen molar-refractivity contribution in [2.75, 3.05) is 11.5 Å². The molecule has 42 heavy (non-hydrogen) atoms. The molecule has 0 saturated carbocycles. The van der Waals surface area contributed by atoms with E-state index in [1.54, 1.807) is 0 Å². The van der Waals surface area contributed by atoms with Gasteiger partial charge in [0.15, 0.2) is 0 Å². The summed E-state index contributed by atoms with van der Waals surface area (Å²) in [5.74, 6) is 3.03. The first kappa shape index (κ1) is 39.7. The van der Waals surface area contributed by atoms with Crippen molar-refractivity contribution in [3.8, 4) is 5.75 Å². The molecule has 0 heterocycles. The normalized spacial score (nSPS) is 13.1. The maximum atomic E-state index is 11.3. The smallest absolute Gasteiger partial charge is 0.122 e. The standard InChI is InChI=1S/C39H72OS2/c1-6-10-14-16-18-20-22-24-26-28-37(41-30-12-8-3)35-32-34(5)39(40)36(33-35)38(42-31-13-9-4)29-27-25-23-21-19-17-15-11-7-2/h32-33,37-38,40H,6-31H2,1-5H3. The predicted molar refractivity (Wildman–Crippen MR) is 197 cm³/mol. The highest BCUT2D eigenvalue weighted by molar-refractivity contribution is 7.99. The van der Waals surface area contributed by atoms with Crippen molar-refractivity contribution < 1.29 is 5.11 Å². The van der Waals surface area contributed by atoms with Crippen molar-refractivity contribution >= 4 is 23.5 Å². The zero-order chi connectivity index (χ0) is 30.7. The van der Waals surface area contributed by atoms with Gasteiger partial charge in [-0.1, -0.05) is 162 Å². The molecule has 0 aliphatic heterocycles. The van der Waals surface area contributed by atoms with Crippen molar-refractivity contribution in [2.45, 2.75) is 199 Å². The fourth-order valence-corrected chi connectivity index (χ4v) is 8.80. The monoisotopic (exact) mass is 621 g/mol. The Balaban J connectivity index is 2.82. The van der Waals surface area contributed by atoms with Gasteiger partial charge in [0, 0.05) is 16.1 Å². The Morgan fingerprint density at radius 1 is 0.500 bits per heavy atom. The van der Waals surface area contributed by atoms with Crippen LogP contribution in [0.25, 0.3) is 0 Å². The summed E-state index contributed by atoms with van der Waals surface area (Å²) < 4.78 is 0. The number of phenolic OH excluding ortho intramolecular Hbond substituents is 1. The Kier molecular flexibility index (Phi) is 26.7. The Bertz CT molecular complexity index is 733. The molecular weight excluding hydrogens is 549 g/mol. The van der Waals surface area contributed by atoms with Gasteiger partial charge in [0.05, 0.1) is 0 Å². The van der Waals surface area contributed by atoms with Crippen molar-refractivity contribution in [1.29, 1.82) is 0 Å². The van der Waals surface area contributed by atoms with E-state index in [0.717, 1.165) is 5.56 Å². The van der Waals surface area contributed by atoms with Gasteiger partial charge in [-0.3, -0.25) is 0 Å². The maximum absolute atomic E-state index is 11.3. The molecule has 2 unspecified atom stereocenters. The van der Waals surface area contributed by atoms with Gasteiger partial charge in [0.25, 0.3) is 0 Å². The Labute approximate surface area is 273 Å². The van der Waals surface area contributed by atoms with E-state index >= 15 is 0 Å². The van der Waals surface area contributed by atoms with Crippen molar-refractivity contribution in [2.24, 2.45) is 0 Å². The highest BCUT2D eigenvalue weighted by Crippen LogP contribution is 2.44. The summed E-state index contributed by atoms with van der Waals surface area (Å²) in [6.07, 6.45) is 32.5. The third-order valence-electron chi connectivity index (χ3n) is 8.84. The minimum absolute atomic E-state index is 0.425. The van der Waals surface area contributed by atoms with Gasteiger partial charge in [-0.15, -0.1) is 0 Å². The number of aryl methyl sites for hydroxylation is 1. The van der Waals surface area contributed by atoms with Gasteiger partial charge in [0.1, 0.15) is 5.75 Å². The zero-order valence-electron chi connectivity index (χ0n) is 29.0. The van der Waals surface area contributed by atoms with E-state index in [1.165, 1.54) is 177 Å². The van der Waals surface area contributed by atoms with Crippen LogP contribution in [0.5, 0.6) is 5.75 Å². The van der Waals surface area contributed by atoms with E-state index in [1.807, 2.05) is 0 Å². The minimum atomic E-state index is 0.425. The van der Waals surface area contributed by atoms with Crippen LogP contribution in [-0.4, -0.2) is 16.6 Å². The molecule has 1 N–H and O–H groups in total. The number of phenols is 1. The van der Waals surface area contributed by atoms with Crippen LogP contribution < -0.4 is 0 Å². The lowest BCUT2D eigenvalue weighted by Gasteiger charge is -2.24. The van der Waals surface area contributed by atoms with Crippen LogP contribution >= 0.6 is 23.5 Å². The molecule has 0 aliphatic carbocycles. The summed E-state index contributed by atoms with van der Waals surface area (Å²) in [5.41, 5.74) is 3.80. The van der Waals surface area contributed by atoms with Crippen LogP contribution in [0.15, 0.2) is 12.1 Å². The molecule has 0 saturated heterocycles. The Morgan fingerprint density at radius 3 is 1.33 bits per heavy atom. The zero-order valence-corrected chi connectivity index (χ0v) is 30.6. The molecule has 246 valence electrons. The first-order valence-electron chi connectivity index (χ1n) is 18.6. The van der Waals surface area contributed by atoms with Gasteiger partial charge in [-0.25, -0.2) is 0 Å². The topological polar surface area (TPSA) is 20.2 Å². The Morgan fingerprint density at radius 2 is 0.881 bits per heavy atom. The summed E-state index contributed by atoms with van der Waals surface area (Å²) in [6.45, 7) is 11.3. The van der Waals surface area contributed by atoms with Gasteiger partial charge in [-0.05, 0) is 61.3 Å². The van der Waals surface area contributed by atoms with Crippen LogP contribution in [0.3, 0.4) is 0 Å². The number of benzene rings is 1. The molecule has 0 aromatic heterocycles. The molecule has 1 aromatic rings. The van der Waals surface area contributed by atoms with Crippen LogP contribution in [0, 0.1) is 6.92 Å². The van der Waals surface area contributed by atoms with Gasteiger partial charge >= 0.3 is 0 Å². The second-order valence-electron chi connectivity index (χ2n) is 12.9. The number of rotatable bonds is 30. The van der Waals surface area contributed by atoms with E-state index in [-0.39, 0.29) is 0 Å². The molecule has 1 aromatic carbocycles. The van der Waals surface area contributed by atoms with Gasteiger partial charge in [0.2, 0.25) is 0 Å². The third-order valence-corrected chi connectivity index (χ3v) is 11.7. The lowest BCUT2D eigenvalue weighted by atomic mass is 9.95. The van der Waals surface area contributed by atoms with E-state index in [0.29, 0.717) is 16.2 Å². The lowest BCUT2D eigenvalue weighted by Crippen LogP contribution is -2.03. The molecular formula is C39H72OS2. The summed E-state index contributed by atoms with van der Waals surface area (Å²) in [6, 6.07) is 4.76. The van der Waals surface area contributed by atoms with Gasteiger partial charge < -0.3 is 5.11 Å². The van der Waals surface area contributed by atoms with Crippen molar-refractivity contribution in [3.05, 3.63) is 28.8 Å². The molecule has 2 atom stereocenters. The van der Waals surface area contributed by atoms with Crippen LogP contribution in [0.4, 0.5) is 0 Å². The van der Waals surface area contributed by atoms with Gasteiger partial charge in [-0.2, -0.15) is 23.5 Å². The van der Waals surface area contributed by atoms with Crippen LogP contribution in [-0.2, 0) is 0 Å². The van der Waals surface area contributed by atoms with E-state index < -0.39 is 0 Å². The highest BCUT2D eigenvalue weighted by Gasteiger charge is 2.21. The molecule has 0 bridgehead atoms. The fourth-order valence-electron chi connectivity index (χ4n) is 5.96. The lowest BCUT2D eigenvalue weighted by molar-refractivity contribution is 0.460. The number of hydrogen-bond donors (Lipinski definition) is 1. The summed E-state index contributed by atoms with van der Waals surface area (Å²) >= 11 is 4.29. The van der Waals surface area contributed by atoms with Crippen molar-refractivity contribution in [1.82, 2.24) is 0 Å². The molecule has 1 rings (SSSR count). The molecule has 0 amide bonds. The quantitative estimate of drug-likeness (QED) is 0.0864. The number of unbranched alkanes of at least 4 members (excludes halogenated alkanes) is 18. The molecule has 0 spiro atoms. The molecule has 3 heteroatoms.